The Morgan fingerprint density at radius 1 is 1.28 bits per heavy atom. The van der Waals surface area contributed by atoms with Crippen molar-refractivity contribution in [1.82, 2.24) is 9.97 Å². The molecule has 0 bridgehead atoms. The van der Waals surface area contributed by atoms with E-state index >= 15 is 0 Å². The molecule has 1 aliphatic rings. The normalized spacial score (nSPS) is 15.2. The molecule has 0 atom stereocenters. The summed E-state index contributed by atoms with van der Waals surface area (Å²) in [4.78, 5) is 21.5. The van der Waals surface area contributed by atoms with Gasteiger partial charge in [-0.05, 0) is 61.4 Å². The van der Waals surface area contributed by atoms with Gasteiger partial charge in [0.25, 0.3) is 5.91 Å². The maximum Gasteiger partial charge on any atom is 0.260 e. The zero-order chi connectivity index (χ0) is 17.6. The van der Waals surface area contributed by atoms with Crippen LogP contribution in [-0.2, 0) is 0 Å². The van der Waals surface area contributed by atoms with E-state index in [0.29, 0.717) is 28.2 Å². The molecule has 0 saturated heterocycles. The summed E-state index contributed by atoms with van der Waals surface area (Å²) in [6.45, 7) is 3.91. The molecular weight excluding hydrogens is 431 g/mol. The molecule has 1 saturated carbocycles. The Balaban J connectivity index is 1.77. The average Bonchev–Trinajstić information content (AvgIpc) is 3.18. The lowest BCUT2D eigenvalue weighted by molar-refractivity contribution is 0.102. The molecule has 0 spiro atoms. The number of nitrogens with zero attached hydrogens (tertiary/aromatic N) is 2. The van der Waals surface area contributed by atoms with Gasteiger partial charge in [-0.3, -0.25) is 4.79 Å². The Kier molecular flexibility index (Phi) is 3.90. The van der Waals surface area contributed by atoms with E-state index < -0.39 is 0 Å². The van der Waals surface area contributed by atoms with Gasteiger partial charge < -0.3 is 15.1 Å². The molecule has 3 aromatic rings. The third-order valence-electron chi connectivity index (χ3n) is 4.43. The molecule has 128 valence electrons. The molecule has 7 heteroatoms. The lowest BCUT2D eigenvalue weighted by atomic mass is 10.1. The van der Waals surface area contributed by atoms with Crippen molar-refractivity contribution in [2.45, 2.75) is 32.2 Å². The predicted molar refractivity (Wildman–Crippen MR) is 105 cm³/mol. The number of aromatic nitrogens is 2. The van der Waals surface area contributed by atoms with Crippen molar-refractivity contribution in [3.63, 3.8) is 0 Å². The molecule has 4 rings (SSSR count). The van der Waals surface area contributed by atoms with Crippen molar-refractivity contribution >= 4 is 51.1 Å². The Bertz CT molecular complexity index is 978. The SMILES string of the molecule is Cc1oc2ncnc(NC3(C)CC3)c2c1C(=O)Nc1ccccc1I. The van der Waals surface area contributed by atoms with Gasteiger partial charge in [0.1, 0.15) is 17.9 Å². The molecule has 2 aromatic heterocycles. The molecular formula is C18H17IN4O2. The first-order valence-electron chi connectivity index (χ1n) is 8.05. The molecule has 2 N–H and O–H groups in total. The number of carbonyl (C=O) groups excluding carboxylic acids is 1. The van der Waals surface area contributed by atoms with Gasteiger partial charge in [-0.2, -0.15) is 0 Å². The van der Waals surface area contributed by atoms with E-state index in [-0.39, 0.29) is 11.4 Å². The van der Waals surface area contributed by atoms with Crippen LogP contribution in [0, 0.1) is 10.5 Å². The molecule has 1 amide bonds. The molecule has 0 aliphatic heterocycles. The van der Waals surface area contributed by atoms with Crippen LogP contribution in [0.2, 0.25) is 0 Å². The fourth-order valence-electron chi connectivity index (χ4n) is 2.76. The molecule has 0 unspecified atom stereocenters. The number of aryl methyl sites for hydroxylation is 1. The van der Waals surface area contributed by atoms with Crippen LogP contribution < -0.4 is 10.6 Å². The lowest BCUT2D eigenvalue weighted by Gasteiger charge is -2.13. The van der Waals surface area contributed by atoms with Gasteiger partial charge in [-0.15, -0.1) is 0 Å². The number of amides is 1. The molecule has 6 nitrogen and oxygen atoms in total. The molecule has 1 aromatic carbocycles. The Morgan fingerprint density at radius 2 is 2.04 bits per heavy atom. The van der Waals surface area contributed by atoms with Crippen molar-refractivity contribution in [2.24, 2.45) is 0 Å². The first-order chi connectivity index (χ1) is 12.0. The Hall–Kier alpha value is -2.16. The number of furan rings is 1. The molecule has 1 fully saturated rings. The van der Waals surface area contributed by atoms with Crippen LogP contribution in [0.5, 0.6) is 0 Å². The van der Waals surface area contributed by atoms with Crippen LogP contribution in [0.3, 0.4) is 0 Å². The van der Waals surface area contributed by atoms with Crippen LogP contribution in [0.1, 0.15) is 35.9 Å². The predicted octanol–water partition coefficient (Wildman–Crippen LogP) is 4.35. The van der Waals surface area contributed by atoms with Gasteiger partial charge in [0.2, 0.25) is 5.71 Å². The number of nitrogens with one attached hydrogen (secondary N) is 2. The Labute approximate surface area is 158 Å². The lowest BCUT2D eigenvalue weighted by Crippen LogP contribution is -2.18. The molecule has 25 heavy (non-hydrogen) atoms. The topological polar surface area (TPSA) is 80.1 Å². The van der Waals surface area contributed by atoms with E-state index in [4.69, 9.17) is 4.42 Å². The number of carbonyl (C=O) groups is 1. The van der Waals surface area contributed by atoms with Crippen molar-refractivity contribution in [3.8, 4) is 0 Å². The fourth-order valence-corrected chi connectivity index (χ4v) is 3.28. The molecule has 0 radical (unpaired) electrons. The smallest absolute Gasteiger partial charge is 0.260 e. The highest BCUT2D eigenvalue weighted by Crippen LogP contribution is 2.40. The number of para-hydroxylation sites is 1. The number of fused-ring (bicyclic) bond motifs is 1. The summed E-state index contributed by atoms with van der Waals surface area (Å²) in [6, 6.07) is 7.64. The largest absolute Gasteiger partial charge is 0.442 e. The van der Waals surface area contributed by atoms with Crippen LogP contribution in [0.25, 0.3) is 11.1 Å². The summed E-state index contributed by atoms with van der Waals surface area (Å²) in [7, 11) is 0. The second-order valence-corrected chi connectivity index (χ2v) is 7.72. The highest BCUT2D eigenvalue weighted by molar-refractivity contribution is 14.1. The maximum absolute atomic E-state index is 12.9. The van der Waals surface area contributed by atoms with Crippen LogP contribution in [0.4, 0.5) is 11.5 Å². The third kappa shape index (κ3) is 3.08. The summed E-state index contributed by atoms with van der Waals surface area (Å²) in [5.74, 6) is 0.955. The van der Waals surface area contributed by atoms with Gasteiger partial charge in [-0.25, -0.2) is 9.97 Å². The fraction of sp³-hybridized carbons (Fsp3) is 0.278. The maximum atomic E-state index is 12.9. The van der Waals surface area contributed by atoms with E-state index in [0.717, 1.165) is 22.1 Å². The molecule has 2 heterocycles. The second kappa shape index (κ2) is 5.98. The van der Waals surface area contributed by atoms with Crippen molar-refractivity contribution in [1.29, 1.82) is 0 Å². The van der Waals surface area contributed by atoms with Gasteiger partial charge in [-0.1, -0.05) is 12.1 Å². The number of anilines is 2. The highest BCUT2D eigenvalue weighted by atomic mass is 127. The van der Waals surface area contributed by atoms with Crippen molar-refractivity contribution < 1.29 is 9.21 Å². The number of hydrogen-bond donors (Lipinski definition) is 2. The summed E-state index contributed by atoms with van der Waals surface area (Å²) in [5, 5.41) is 7.02. The zero-order valence-electron chi connectivity index (χ0n) is 13.9. The van der Waals surface area contributed by atoms with Gasteiger partial charge in [0, 0.05) is 9.11 Å². The highest BCUT2D eigenvalue weighted by Gasteiger charge is 2.38. The minimum absolute atomic E-state index is 0.0367. The van der Waals surface area contributed by atoms with E-state index in [1.54, 1.807) is 6.92 Å². The number of hydrogen-bond acceptors (Lipinski definition) is 5. The number of rotatable bonds is 4. The number of benzene rings is 1. The van der Waals surface area contributed by atoms with E-state index in [9.17, 15) is 4.79 Å². The van der Waals surface area contributed by atoms with E-state index in [2.05, 4.69) is 50.1 Å². The summed E-state index contributed by atoms with van der Waals surface area (Å²) >= 11 is 2.20. The monoisotopic (exact) mass is 448 g/mol. The van der Waals surface area contributed by atoms with Gasteiger partial charge in [0.15, 0.2) is 0 Å². The van der Waals surface area contributed by atoms with Crippen LogP contribution in [-0.4, -0.2) is 21.4 Å². The quantitative estimate of drug-likeness (QED) is 0.581. The van der Waals surface area contributed by atoms with Crippen LogP contribution >= 0.6 is 22.6 Å². The average molecular weight is 448 g/mol. The van der Waals surface area contributed by atoms with Gasteiger partial charge >= 0.3 is 0 Å². The summed E-state index contributed by atoms with van der Waals surface area (Å²) in [5.41, 5.74) is 1.70. The minimum atomic E-state index is -0.223. The van der Waals surface area contributed by atoms with Crippen LogP contribution in [0.15, 0.2) is 35.0 Å². The Morgan fingerprint density at radius 3 is 2.76 bits per heavy atom. The minimum Gasteiger partial charge on any atom is -0.442 e. The molecule has 1 aliphatic carbocycles. The van der Waals surface area contributed by atoms with E-state index in [1.807, 2.05) is 24.3 Å². The second-order valence-electron chi connectivity index (χ2n) is 6.56. The first-order valence-corrected chi connectivity index (χ1v) is 9.13. The van der Waals surface area contributed by atoms with E-state index in [1.165, 1.54) is 6.33 Å². The van der Waals surface area contributed by atoms with Gasteiger partial charge in [0.05, 0.1) is 16.6 Å². The first kappa shape index (κ1) is 16.3. The zero-order valence-corrected chi connectivity index (χ0v) is 16.0. The van der Waals surface area contributed by atoms with Crippen molar-refractivity contribution in [2.75, 3.05) is 10.6 Å². The number of halogens is 1. The van der Waals surface area contributed by atoms with Crippen molar-refractivity contribution in [3.05, 3.63) is 45.5 Å². The third-order valence-corrected chi connectivity index (χ3v) is 5.37. The standard InChI is InChI=1S/C18H17IN4O2/c1-10-13(16(24)22-12-6-4-3-5-11(12)19)14-15(23-18(2)7-8-18)20-9-21-17(14)25-10/h3-6,9H,7-8H2,1-2H3,(H,22,24)(H,20,21,23). The summed E-state index contributed by atoms with van der Waals surface area (Å²) in [6.07, 6.45) is 3.62. The summed E-state index contributed by atoms with van der Waals surface area (Å²) < 4.78 is 6.68.